The van der Waals surface area contributed by atoms with Gasteiger partial charge >= 0.3 is 0 Å². The first-order valence-corrected chi connectivity index (χ1v) is 15.0. The Kier molecular flexibility index (Phi) is 4.33. The highest BCUT2D eigenvalue weighted by Crippen LogP contribution is 2.50. The second-order valence-electron chi connectivity index (χ2n) is 11.0. The highest BCUT2D eigenvalue weighted by atomic mass is 32.1. The smallest absolute Gasteiger partial charge is 0.165 e. The molecular formula is C38H21N3S. The molecule has 0 aliphatic heterocycles. The van der Waals surface area contributed by atoms with Crippen molar-refractivity contribution in [1.82, 2.24) is 14.5 Å². The van der Waals surface area contributed by atoms with Gasteiger partial charge in [-0.15, -0.1) is 11.3 Å². The largest absolute Gasteiger partial charge is 0.292 e. The van der Waals surface area contributed by atoms with Crippen molar-refractivity contribution >= 4 is 64.3 Å². The van der Waals surface area contributed by atoms with Crippen molar-refractivity contribution < 1.29 is 0 Å². The molecule has 0 saturated heterocycles. The lowest BCUT2D eigenvalue weighted by Crippen LogP contribution is -2.03. The number of hydrogen-bond donors (Lipinski definition) is 0. The Hall–Kier alpha value is -5.32. The van der Waals surface area contributed by atoms with Gasteiger partial charge < -0.3 is 0 Å². The van der Waals surface area contributed by atoms with Crippen molar-refractivity contribution in [1.29, 1.82) is 0 Å². The van der Waals surface area contributed by atoms with Crippen LogP contribution in [-0.4, -0.2) is 14.5 Å². The Morgan fingerprint density at radius 1 is 0.500 bits per heavy atom. The summed E-state index contributed by atoms with van der Waals surface area (Å²) in [4.78, 5) is 11.8. The molecule has 0 atom stereocenters. The fourth-order valence-corrected chi connectivity index (χ4v) is 8.05. The van der Waals surface area contributed by atoms with E-state index in [4.69, 9.17) is 9.97 Å². The van der Waals surface area contributed by atoms with Crippen LogP contribution in [0.4, 0.5) is 0 Å². The maximum absolute atomic E-state index is 5.48. The van der Waals surface area contributed by atoms with E-state index in [9.17, 15) is 0 Å². The highest BCUT2D eigenvalue weighted by Gasteiger charge is 2.26. The molecule has 3 aromatic heterocycles. The summed E-state index contributed by atoms with van der Waals surface area (Å²) >= 11 is 1.71. The molecule has 1 aliphatic carbocycles. The van der Waals surface area contributed by atoms with Crippen LogP contribution in [0.1, 0.15) is 0 Å². The monoisotopic (exact) mass is 551 g/mol. The second-order valence-corrected chi connectivity index (χ2v) is 12.0. The number of thiophene rings is 1. The third kappa shape index (κ3) is 2.84. The predicted molar refractivity (Wildman–Crippen MR) is 177 cm³/mol. The van der Waals surface area contributed by atoms with Crippen LogP contribution >= 0.6 is 11.3 Å². The molecule has 3 nitrogen and oxygen atoms in total. The van der Waals surface area contributed by atoms with Gasteiger partial charge in [0.25, 0.3) is 0 Å². The fourth-order valence-electron chi connectivity index (χ4n) is 7.03. The lowest BCUT2D eigenvalue weighted by molar-refractivity contribution is 1.08. The lowest BCUT2D eigenvalue weighted by atomic mass is 9.93. The zero-order valence-electron chi connectivity index (χ0n) is 22.4. The molecule has 0 amide bonds. The third-order valence-electron chi connectivity index (χ3n) is 8.76. The van der Waals surface area contributed by atoms with E-state index in [1.165, 1.54) is 48.5 Å². The molecular weight excluding hydrogens is 531 g/mol. The Balaban J connectivity index is 1.42. The summed E-state index contributed by atoms with van der Waals surface area (Å²) < 4.78 is 3.56. The van der Waals surface area contributed by atoms with Gasteiger partial charge in [0.2, 0.25) is 0 Å². The molecule has 10 rings (SSSR count). The summed E-state index contributed by atoms with van der Waals surface area (Å²) in [7, 11) is 0. The molecule has 1 aliphatic rings. The third-order valence-corrected chi connectivity index (χ3v) is 9.81. The second kappa shape index (κ2) is 8.12. The Bertz CT molecular complexity index is 2480. The normalized spacial score (nSPS) is 12.3. The van der Waals surface area contributed by atoms with Gasteiger partial charge in [0.05, 0.1) is 11.0 Å². The molecule has 6 aromatic carbocycles. The van der Waals surface area contributed by atoms with E-state index >= 15 is 0 Å². The number of nitrogens with zero attached hydrogens (tertiary/aromatic N) is 3. The summed E-state index contributed by atoms with van der Waals surface area (Å²) in [5.74, 6) is 0.860. The van der Waals surface area contributed by atoms with Gasteiger partial charge in [-0.3, -0.25) is 4.57 Å². The maximum atomic E-state index is 5.48. The summed E-state index contributed by atoms with van der Waals surface area (Å²) in [6.07, 6.45) is 0. The number of rotatable bonds is 2. The molecule has 0 bridgehead atoms. The van der Waals surface area contributed by atoms with E-state index in [0.29, 0.717) is 0 Å². The van der Waals surface area contributed by atoms with E-state index < -0.39 is 0 Å². The van der Waals surface area contributed by atoms with E-state index in [0.717, 1.165) is 43.8 Å². The molecule has 0 spiro atoms. The molecule has 42 heavy (non-hydrogen) atoms. The molecule has 0 N–H and O–H groups in total. The summed E-state index contributed by atoms with van der Waals surface area (Å²) in [6.45, 7) is 0. The Morgan fingerprint density at radius 2 is 1.10 bits per heavy atom. The van der Waals surface area contributed by atoms with Gasteiger partial charge in [0.1, 0.15) is 16.0 Å². The molecule has 0 saturated carbocycles. The van der Waals surface area contributed by atoms with Gasteiger partial charge in [-0.2, -0.15) is 0 Å². The molecule has 0 unspecified atom stereocenters. The van der Waals surface area contributed by atoms with Crippen LogP contribution in [0.2, 0.25) is 0 Å². The van der Waals surface area contributed by atoms with Gasteiger partial charge in [-0.1, -0.05) is 109 Å². The lowest BCUT2D eigenvalue weighted by Gasteiger charge is -2.15. The van der Waals surface area contributed by atoms with Gasteiger partial charge in [0, 0.05) is 26.4 Å². The minimum Gasteiger partial charge on any atom is -0.292 e. The first kappa shape index (κ1) is 22.4. The number of hydrogen-bond acceptors (Lipinski definition) is 3. The average molecular weight is 552 g/mol. The van der Waals surface area contributed by atoms with Crippen LogP contribution in [-0.2, 0) is 0 Å². The molecule has 0 fully saturated rings. The van der Waals surface area contributed by atoms with E-state index in [-0.39, 0.29) is 0 Å². The number of fused-ring (bicyclic) bond motifs is 5. The van der Waals surface area contributed by atoms with Crippen LogP contribution in [0.25, 0.3) is 92.3 Å². The van der Waals surface area contributed by atoms with E-state index in [1.807, 2.05) is 0 Å². The summed E-state index contributed by atoms with van der Waals surface area (Å²) in [6, 6.07) is 45.7. The minimum atomic E-state index is 0.860. The van der Waals surface area contributed by atoms with Crippen molar-refractivity contribution in [2.24, 2.45) is 0 Å². The van der Waals surface area contributed by atoms with Crippen molar-refractivity contribution in [3.8, 4) is 39.3 Å². The highest BCUT2D eigenvalue weighted by molar-refractivity contribution is 7.25. The topological polar surface area (TPSA) is 30.7 Å². The van der Waals surface area contributed by atoms with Crippen molar-refractivity contribution in [2.75, 3.05) is 0 Å². The Labute approximate surface area is 245 Å². The van der Waals surface area contributed by atoms with Gasteiger partial charge in [-0.25, -0.2) is 9.97 Å². The SMILES string of the molecule is c1ccc(-c2nc3sc4ccccc4c3nc2-n2c3cccc4c3c3c(cccc32)-c2cccc3cccc-4c23)cc1. The van der Waals surface area contributed by atoms with Crippen LogP contribution < -0.4 is 0 Å². The first-order chi connectivity index (χ1) is 20.8. The van der Waals surface area contributed by atoms with E-state index in [2.05, 4.69) is 132 Å². The van der Waals surface area contributed by atoms with Crippen LogP contribution in [0, 0.1) is 0 Å². The van der Waals surface area contributed by atoms with Crippen LogP contribution in [0.3, 0.4) is 0 Å². The quantitative estimate of drug-likeness (QED) is 0.214. The molecule has 9 aromatic rings. The minimum absolute atomic E-state index is 0.860. The standard InChI is InChI=1S/C38H21N3S/c1-2-10-23(11-3-1)35-37(39-36-28-14-4-5-21-31(28)42-38(36)40-35)41-29-19-8-17-26-24-15-6-12-22-13-7-16-25(32(22)24)27-18-9-20-30(41)34(27)33(26)29/h1-21H. The molecule has 3 heterocycles. The molecule has 0 radical (unpaired) electrons. The van der Waals surface area contributed by atoms with Crippen molar-refractivity contribution in [2.45, 2.75) is 0 Å². The maximum Gasteiger partial charge on any atom is 0.165 e. The first-order valence-electron chi connectivity index (χ1n) is 14.2. The molecule has 4 heteroatoms. The summed E-state index contributed by atoms with van der Waals surface area (Å²) in [5.41, 5.74) is 10.3. The molecule has 194 valence electrons. The van der Waals surface area contributed by atoms with Crippen LogP contribution in [0.15, 0.2) is 127 Å². The zero-order valence-corrected chi connectivity index (χ0v) is 23.2. The van der Waals surface area contributed by atoms with Crippen molar-refractivity contribution in [3.63, 3.8) is 0 Å². The fraction of sp³-hybridized carbons (Fsp3) is 0. The summed E-state index contributed by atoms with van der Waals surface area (Å²) in [5, 5.41) is 6.27. The number of aromatic nitrogens is 3. The van der Waals surface area contributed by atoms with Gasteiger partial charge in [-0.05, 0) is 51.2 Å². The predicted octanol–water partition coefficient (Wildman–Crippen LogP) is 10.4. The zero-order chi connectivity index (χ0) is 27.4. The Morgan fingerprint density at radius 3 is 1.79 bits per heavy atom. The van der Waals surface area contributed by atoms with Gasteiger partial charge in [0.15, 0.2) is 5.82 Å². The van der Waals surface area contributed by atoms with Crippen molar-refractivity contribution in [3.05, 3.63) is 127 Å². The number of benzene rings is 6. The van der Waals surface area contributed by atoms with Crippen LogP contribution in [0.5, 0.6) is 0 Å². The average Bonchev–Trinajstić information content (AvgIpc) is 3.55. The van der Waals surface area contributed by atoms with E-state index in [1.54, 1.807) is 11.3 Å².